The lowest BCUT2D eigenvalue weighted by atomic mass is 10.0. The van der Waals surface area contributed by atoms with Crippen LogP contribution in [-0.2, 0) is 0 Å². The van der Waals surface area contributed by atoms with Crippen molar-refractivity contribution in [2.24, 2.45) is 5.92 Å². The second-order valence-electron chi connectivity index (χ2n) is 3.97. The van der Waals surface area contributed by atoms with E-state index in [2.05, 4.69) is 44.1 Å². The zero-order valence-electron chi connectivity index (χ0n) is 9.88. The second kappa shape index (κ2) is 7.88. The molecule has 0 fully saturated rings. The predicted octanol–water partition coefficient (Wildman–Crippen LogP) is 3.99. The zero-order valence-corrected chi connectivity index (χ0v) is 13.1. The van der Waals surface area contributed by atoms with Gasteiger partial charge >= 0.3 is 0 Å². The van der Waals surface area contributed by atoms with Gasteiger partial charge in [0.15, 0.2) is 0 Å². The van der Waals surface area contributed by atoms with Gasteiger partial charge in [-0.1, -0.05) is 45.2 Å². The summed E-state index contributed by atoms with van der Waals surface area (Å²) in [6.07, 6.45) is 2.18. The topological polar surface area (TPSA) is 29.1 Å². The van der Waals surface area contributed by atoms with E-state index in [9.17, 15) is 4.79 Å². The molecular weight excluding hydrogens is 346 g/mol. The quantitative estimate of drug-likeness (QED) is 0.761. The fraction of sp³-hybridized carbons (Fsp3) is 0.462. The SMILES string of the molecule is CCC(CCBr)CNC(=O)c1ccc(Br)cc1. The number of carbonyl (C=O) groups excluding carboxylic acids is 1. The van der Waals surface area contributed by atoms with Gasteiger partial charge in [-0.3, -0.25) is 4.79 Å². The molecule has 1 aromatic carbocycles. The van der Waals surface area contributed by atoms with Gasteiger partial charge < -0.3 is 5.32 Å². The Morgan fingerprint density at radius 2 is 2.00 bits per heavy atom. The van der Waals surface area contributed by atoms with Gasteiger partial charge in [0.1, 0.15) is 0 Å². The predicted molar refractivity (Wildman–Crippen MR) is 78.7 cm³/mol. The van der Waals surface area contributed by atoms with Crippen molar-refractivity contribution in [1.82, 2.24) is 5.32 Å². The lowest BCUT2D eigenvalue weighted by molar-refractivity contribution is 0.0946. The highest BCUT2D eigenvalue weighted by Gasteiger charge is 2.09. The van der Waals surface area contributed by atoms with Crippen LogP contribution in [0.15, 0.2) is 28.7 Å². The first-order chi connectivity index (χ1) is 8.17. The van der Waals surface area contributed by atoms with Gasteiger partial charge in [0.2, 0.25) is 0 Å². The Hall–Kier alpha value is -0.350. The molecular formula is C13H17Br2NO. The van der Waals surface area contributed by atoms with E-state index in [1.165, 1.54) is 0 Å². The highest BCUT2D eigenvalue weighted by molar-refractivity contribution is 9.10. The number of rotatable bonds is 6. The average molecular weight is 363 g/mol. The molecule has 1 amide bonds. The van der Waals surface area contributed by atoms with Crippen LogP contribution < -0.4 is 5.32 Å². The minimum atomic E-state index is 0.00511. The summed E-state index contributed by atoms with van der Waals surface area (Å²) in [4.78, 5) is 11.8. The van der Waals surface area contributed by atoms with E-state index < -0.39 is 0 Å². The van der Waals surface area contributed by atoms with Crippen LogP contribution >= 0.6 is 31.9 Å². The Balaban J connectivity index is 2.46. The summed E-state index contributed by atoms with van der Waals surface area (Å²) >= 11 is 6.78. The number of alkyl halides is 1. The largest absolute Gasteiger partial charge is 0.352 e. The van der Waals surface area contributed by atoms with E-state index in [1.54, 1.807) is 0 Å². The lowest BCUT2D eigenvalue weighted by Crippen LogP contribution is -2.29. The Kier molecular flexibility index (Phi) is 6.82. The molecule has 1 rings (SSSR count). The number of halogens is 2. The third-order valence-corrected chi connectivity index (χ3v) is 3.74. The van der Waals surface area contributed by atoms with Gasteiger partial charge in [0, 0.05) is 21.9 Å². The van der Waals surface area contributed by atoms with Crippen molar-refractivity contribution in [3.8, 4) is 0 Å². The summed E-state index contributed by atoms with van der Waals surface area (Å²) in [7, 11) is 0. The van der Waals surface area contributed by atoms with Crippen LogP contribution in [0.1, 0.15) is 30.1 Å². The number of amides is 1. The number of hydrogen-bond donors (Lipinski definition) is 1. The summed E-state index contributed by atoms with van der Waals surface area (Å²) in [5, 5.41) is 3.96. The Morgan fingerprint density at radius 1 is 1.35 bits per heavy atom. The van der Waals surface area contributed by atoms with Crippen molar-refractivity contribution in [1.29, 1.82) is 0 Å². The normalized spacial score (nSPS) is 12.2. The summed E-state index contributed by atoms with van der Waals surface area (Å²) in [6.45, 7) is 2.90. The van der Waals surface area contributed by atoms with Gasteiger partial charge in [0.25, 0.3) is 5.91 Å². The molecule has 0 aliphatic rings. The van der Waals surface area contributed by atoms with Gasteiger partial charge in [-0.25, -0.2) is 0 Å². The summed E-state index contributed by atoms with van der Waals surface area (Å²) in [5.74, 6) is 0.555. The molecule has 0 heterocycles. The van der Waals surface area contributed by atoms with E-state index in [0.29, 0.717) is 11.5 Å². The van der Waals surface area contributed by atoms with E-state index in [0.717, 1.165) is 29.2 Å². The Morgan fingerprint density at radius 3 is 2.53 bits per heavy atom. The van der Waals surface area contributed by atoms with Crippen LogP contribution in [0.2, 0.25) is 0 Å². The summed E-state index contributed by atoms with van der Waals surface area (Å²) < 4.78 is 0.986. The van der Waals surface area contributed by atoms with Crippen molar-refractivity contribution in [2.75, 3.05) is 11.9 Å². The molecule has 94 valence electrons. The number of benzene rings is 1. The molecule has 1 atom stereocenters. The average Bonchev–Trinajstić information content (AvgIpc) is 2.35. The summed E-state index contributed by atoms with van der Waals surface area (Å²) in [5.41, 5.74) is 0.710. The number of nitrogens with one attached hydrogen (secondary N) is 1. The maximum atomic E-state index is 11.8. The monoisotopic (exact) mass is 361 g/mol. The molecule has 0 spiro atoms. The van der Waals surface area contributed by atoms with Crippen molar-refractivity contribution in [2.45, 2.75) is 19.8 Å². The number of hydrogen-bond acceptors (Lipinski definition) is 1. The minimum absolute atomic E-state index is 0.00511. The van der Waals surface area contributed by atoms with Crippen LogP contribution in [0.4, 0.5) is 0 Å². The summed E-state index contributed by atoms with van der Waals surface area (Å²) in [6, 6.07) is 7.41. The standard InChI is InChI=1S/C13H17Br2NO/c1-2-10(7-8-14)9-16-13(17)11-3-5-12(15)6-4-11/h3-6,10H,2,7-9H2,1H3,(H,16,17). The van der Waals surface area contributed by atoms with E-state index in [4.69, 9.17) is 0 Å². The molecule has 1 N–H and O–H groups in total. The van der Waals surface area contributed by atoms with Crippen LogP contribution in [0.5, 0.6) is 0 Å². The molecule has 17 heavy (non-hydrogen) atoms. The molecule has 2 nitrogen and oxygen atoms in total. The maximum Gasteiger partial charge on any atom is 0.251 e. The molecule has 0 aliphatic carbocycles. The van der Waals surface area contributed by atoms with Gasteiger partial charge in [-0.15, -0.1) is 0 Å². The van der Waals surface area contributed by atoms with Crippen LogP contribution in [0, 0.1) is 5.92 Å². The van der Waals surface area contributed by atoms with Crippen molar-refractivity contribution in [3.05, 3.63) is 34.3 Å². The first-order valence-corrected chi connectivity index (χ1v) is 7.68. The van der Waals surface area contributed by atoms with Crippen molar-refractivity contribution < 1.29 is 4.79 Å². The first kappa shape index (κ1) is 14.7. The molecule has 0 aromatic heterocycles. The van der Waals surface area contributed by atoms with Crippen molar-refractivity contribution in [3.63, 3.8) is 0 Å². The van der Waals surface area contributed by atoms with Crippen LogP contribution in [0.3, 0.4) is 0 Å². The molecule has 0 aliphatic heterocycles. The third-order valence-electron chi connectivity index (χ3n) is 2.75. The molecule has 1 unspecified atom stereocenters. The van der Waals surface area contributed by atoms with E-state index >= 15 is 0 Å². The molecule has 0 bridgehead atoms. The minimum Gasteiger partial charge on any atom is -0.352 e. The highest BCUT2D eigenvalue weighted by Crippen LogP contribution is 2.11. The lowest BCUT2D eigenvalue weighted by Gasteiger charge is -2.14. The van der Waals surface area contributed by atoms with Crippen LogP contribution in [-0.4, -0.2) is 17.8 Å². The van der Waals surface area contributed by atoms with Gasteiger partial charge in [-0.05, 0) is 36.6 Å². The third kappa shape index (κ3) is 5.21. The molecule has 0 saturated carbocycles. The van der Waals surface area contributed by atoms with E-state index in [-0.39, 0.29) is 5.91 Å². The van der Waals surface area contributed by atoms with Gasteiger partial charge in [-0.2, -0.15) is 0 Å². The van der Waals surface area contributed by atoms with Crippen molar-refractivity contribution >= 4 is 37.8 Å². The highest BCUT2D eigenvalue weighted by atomic mass is 79.9. The molecule has 0 saturated heterocycles. The fourth-order valence-corrected chi connectivity index (χ4v) is 2.46. The number of carbonyl (C=O) groups is 1. The van der Waals surface area contributed by atoms with Crippen LogP contribution in [0.25, 0.3) is 0 Å². The Bertz CT molecular complexity index is 351. The van der Waals surface area contributed by atoms with E-state index in [1.807, 2.05) is 24.3 Å². The molecule has 4 heteroatoms. The second-order valence-corrected chi connectivity index (χ2v) is 5.68. The first-order valence-electron chi connectivity index (χ1n) is 5.77. The maximum absolute atomic E-state index is 11.8. The zero-order chi connectivity index (χ0) is 12.7. The molecule has 0 radical (unpaired) electrons. The van der Waals surface area contributed by atoms with Gasteiger partial charge in [0.05, 0.1) is 0 Å². The molecule has 1 aromatic rings. The smallest absolute Gasteiger partial charge is 0.251 e. The Labute approximate surface area is 119 Å². The fourth-order valence-electron chi connectivity index (χ4n) is 1.55.